The summed E-state index contributed by atoms with van der Waals surface area (Å²) in [5.74, 6) is 0.275. The van der Waals surface area contributed by atoms with Crippen LogP contribution in [-0.4, -0.2) is 5.91 Å². The molecule has 2 heterocycles. The largest absolute Gasteiger partial charge is 0.347 e. The summed E-state index contributed by atoms with van der Waals surface area (Å²) in [5.41, 5.74) is 0.00481. The monoisotopic (exact) mass is 193 g/mol. The van der Waals surface area contributed by atoms with E-state index in [1.165, 1.54) is 11.3 Å². The highest BCUT2D eigenvalue weighted by molar-refractivity contribution is 7.10. The van der Waals surface area contributed by atoms with E-state index in [0.29, 0.717) is 6.04 Å². The Morgan fingerprint density at radius 2 is 2.38 bits per heavy atom. The topological polar surface area (TPSA) is 29.1 Å². The molecule has 0 radical (unpaired) electrons. The molecule has 1 saturated carbocycles. The van der Waals surface area contributed by atoms with E-state index in [2.05, 4.69) is 22.8 Å². The zero-order valence-corrected chi connectivity index (χ0v) is 8.06. The second kappa shape index (κ2) is 2.35. The minimum atomic E-state index is 0.00481. The number of thiophene rings is 1. The van der Waals surface area contributed by atoms with Crippen molar-refractivity contribution in [1.82, 2.24) is 5.32 Å². The third kappa shape index (κ3) is 0.804. The van der Waals surface area contributed by atoms with Gasteiger partial charge < -0.3 is 5.32 Å². The van der Waals surface area contributed by atoms with Crippen molar-refractivity contribution in [2.45, 2.75) is 25.3 Å². The molecular weight excluding hydrogens is 182 g/mol. The molecule has 1 spiro atoms. The van der Waals surface area contributed by atoms with Crippen LogP contribution in [0.5, 0.6) is 0 Å². The highest BCUT2D eigenvalue weighted by atomic mass is 32.1. The van der Waals surface area contributed by atoms with Gasteiger partial charge in [-0.05, 0) is 24.3 Å². The van der Waals surface area contributed by atoms with E-state index < -0.39 is 0 Å². The van der Waals surface area contributed by atoms with Crippen molar-refractivity contribution in [3.63, 3.8) is 0 Å². The van der Waals surface area contributed by atoms with Crippen molar-refractivity contribution in [2.75, 3.05) is 0 Å². The third-order valence-electron chi connectivity index (χ3n) is 3.35. The zero-order valence-electron chi connectivity index (χ0n) is 7.25. The number of hydrogen-bond donors (Lipinski definition) is 1. The van der Waals surface area contributed by atoms with Crippen molar-refractivity contribution < 1.29 is 4.79 Å². The first-order valence-corrected chi connectivity index (χ1v) is 5.55. The van der Waals surface area contributed by atoms with Crippen molar-refractivity contribution in [2.24, 2.45) is 5.41 Å². The van der Waals surface area contributed by atoms with Crippen LogP contribution in [-0.2, 0) is 4.79 Å². The summed E-state index contributed by atoms with van der Waals surface area (Å²) in [5, 5.41) is 5.08. The molecule has 1 unspecified atom stereocenters. The van der Waals surface area contributed by atoms with Crippen LogP contribution in [0.15, 0.2) is 17.5 Å². The van der Waals surface area contributed by atoms with E-state index in [1.807, 2.05) is 0 Å². The van der Waals surface area contributed by atoms with Gasteiger partial charge in [-0.15, -0.1) is 11.3 Å². The molecule has 3 heteroatoms. The van der Waals surface area contributed by atoms with Gasteiger partial charge in [0.1, 0.15) is 0 Å². The predicted octanol–water partition coefficient (Wildman–Crippen LogP) is 2.09. The fourth-order valence-electron chi connectivity index (χ4n) is 2.34. The van der Waals surface area contributed by atoms with E-state index >= 15 is 0 Å². The first kappa shape index (κ1) is 7.56. The van der Waals surface area contributed by atoms with Crippen molar-refractivity contribution >= 4 is 17.2 Å². The highest BCUT2D eigenvalue weighted by Crippen LogP contribution is 2.56. The number of β-lactam (4-membered cyclic amide) rings is 1. The van der Waals surface area contributed by atoms with Gasteiger partial charge >= 0.3 is 0 Å². The number of rotatable bonds is 1. The van der Waals surface area contributed by atoms with Gasteiger partial charge in [-0.25, -0.2) is 0 Å². The van der Waals surface area contributed by atoms with Crippen LogP contribution >= 0.6 is 11.3 Å². The number of nitrogens with one attached hydrogen (secondary N) is 1. The molecule has 1 atom stereocenters. The number of carbonyl (C=O) groups excluding carboxylic acids is 1. The third-order valence-corrected chi connectivity index (χ3v) is 4.29. The van der Waals surface area contributed by atoms with Crippen LogP contribution in [0.25, 0.3) is 0 Å². The maximum absolute atomic E-state index is 11.4. The first-order valence-electron chi connectivity index (χ1n) is 4.67. The van der Waals surface area contributed by atoms with Gasteiger partial charge in [0, 0.05) is 4.88 Å². The molecule has 2 fully saturated rings. The molecular formula is C10H11NOS. The van der Waals surface area contributed by atoms with Crippen LogP contribution in [0.3, 0.4) is 0 Å². The summed E-state index contributed by atoms with van der Waals surface area (Å²) in [6, 6.07) is 4.50. The smallest absolute Gasteiger partial charge is 0.229 e. The molecule has 1 aliphatic heterocycles. The van der Waals surface area contributed by atoms with E-state index in [4.69, 9.17) is 0 Å². The zero-order chi connectivity index (χ0) is 8.89. The van der Waals surface area contributed by atoms with Gasteiger partial charge in [-0.2, -0.15) is 0 Å². The summed E-state index contributed by atoms with van der Waals surface area (Å²) in [4.78, 5) is 12.8. The van der Waals surface area contributed by atoms with Crippen LogP contribution in [0, 0.1) is 5.41 Å². The number of hydrogen-bond acceptors (Lipinski definition) is 2. The molecule has 1 saturated heterocycles. The lowest BCUT2D eigenvalue weighted by Gasteiger charge is -2.54. The highest BCUT2D eigenvalue weighted by Gasteiger charge is 2.59. The second-order valence-electron chi connectivity index (χ2n) is 3.93. The van der Waals surface area contributed by atoms with Crippen LogP contribution in [0.4, 0.5) is 0 Å². The lowest BCUT2D eigenvalue weighted by Crippen LogP contribution is -2.64. The fraction of sp³-hybridized carbons (Fsp3) is 0.500. The average molecular weight is 193 g/mol. The van der Waals surface area contributed by atoms with Gasteiger partial charge in [-0.3, -0.25) is 4.79 Å². The van der Waals surface area contributed by atoms with Gasteiger partial charge in [0.25, 0.3) is 0 Å². The lowest BCUT2D eigenvalue weighted by atomic mass is 9.58. The Labute approximate surface area is 81.0 Å². The Kier molecular flexibility index (Phi) is 1.37. The summed E-state index contributed by atoms with van der Waals surface area (Å²) < 4.78 is 0. The standard InChI is InChI=1S/C10H11NOS/c12-9-10(4-2-5-10)8(11-9)7-3-1-6-13-7/h1,3,6,8H,2,4-5H2,(H,11,12). The van der Waals surface area contributed by atoms with Crippen LogP contribution in [0.2, 0.25) is 0 Å². The molecule has 2 nitrogen and oxygen atoms in total. The Balaban J connectivity index is 1.91. The fourth-order valence-corrected chi connectivity index (χ4v) is 3.23. The van der Waals surface area contributed by atoms with Crippen molar-refractivity contribution in [3.8, 4) is 0 Å². The molecule has 68 valence electrons. The van der Waals surface area contributed by atoms with Crippen molar-refractivity contribution in [1.29, 1.82) is 0 Å². The molecule has 2 aliphatic rings. The summed E-state index contributed by atoms with van der Waals surface area (Å²) in [6.07, 6.45) is 3.39. The summed E-state index contributed by atoms with van der Waals surface area (Å²) >= 11 is 1.75. The Hall–Kier alpha value is -0.830. The first-order chi connectivity index (χ1) is 6.33. The van der Waals surface area contributed by atoms with Gasteiger partial charge in [0.05, 0.1) is 11.5 Å². The molecule has 0 aromatic carbocycles. The van der Waals surface area contributed by atoms with E-state index in [1.54, 1.807) is 11.3 Å². The van der Waals surface area contributed by atoms with Gasteiger partial charge in [0.15, 0.2) is 0 Å². The van der Waals surface area contributed by atoms with Gasteiger partial charge in [-0.1, -0.05) is 12.5 Å². The van der Waals surface area contributed by atoms with E-state index in [-0.39, 0.29) is 11.3 Å². The maximum atomic E-state index is 11.4. The molecule has 1 N–H and O–H groups in total. The van der Waals surface area contributed by atoms with Crippen molar-refractivity contribution in [3.05, 3.63) is 22.4 Å². The van der Waals surface area contributed by atoms with E-state index in [9.17, 15) is 4.79 Å². The molecule has 3 rings (SSSR count). The maximum Gasteiger partial charge on any atom is 0.229 e. The normalized spacial score (nSPS) is 29.2. The quantitative estimate of drug-likeness (QED) is 0.680. The van der Waals surface area contributed by atoms with Crippen LogP contribution < -0.4 is 5.32 Å². The number of amides is 1. The predicted molar refractivity (Wildman–Crippen MR) is 51.5 cm³/mol. The summed E-state index contributed by atoms with van der Waals surface area (Å²) in [6.45, 7) is 0. The molecule has 1 aliphatic carbocycles. The molecule has 1 aromatic heterocycles. The van der Waals surface area contributed by atoms with E-state index in [0.717, 1.165) is 12.8 Å². The SMILES string of the molecule is O=C1NC(c2cccs2)C12CCC2. The lowest BCUT2D eigenvalue weighted by molar-refractivity contribution is -0.155. The average Bonchev–Trinajstić information content (AvgIpc) is 2.48. The minimum Gasteiger partial charge on any atom is -0.347 e. The number of carbonyl (C=O) groups is 1. The Morgan fingerprint density at radius 1 is 1.54 bits per heavy atom. The second-order valence-corrected chi connectivity index (χ2v) is 4.91. The minimum absolute atomic E-state index is 0.00481. The molecule has 1 amide bonds. The Bertz CT molecular complexity index is 340. The molecule has 1 aromatic rings. The van der Waals surface area contributed by atoms with Crippen LogP contribution in [0.1, 0.15) is 30.2 Å². The Morgan fingerprint density at radius 3 is 2.85 bits per heavy atom. The molecule has 0 bridgehead atoms. The van der Waals surface area contributed by atoms with Gasteiger partial charge in [0.2, 0.25) is 5.91 Å². The molecule has 13 heavy (non-hydrogen) atoms. The summed E-state index contributed by atoms with van der Waals surface area (Å²) in [7, 11) is 0.